The Hall–Kier alpha value is -5.63. The Morgan fingerprint density at radius 2 is 1.05 bits per heavy atom. The smallest absolute Gasteiger partial charge is 0.326 e. The number of aliphatic hydroxyl groups excluding tert-OH is 1. The first kappa shape index (κ1) is 55.4. The zero-order chi connectivity index (χ0) is 48.1. The Balaban J connectivity index is 2.94. The van der Waals surface area contributed by atoms with E-state index >= 15 is 0 Å². The molecule has 1 aromatic rings. The van der Waals surface area contributed by atoms with Crippen LogP contribution in [-0.4, -0.2) is 125 Å². The van der Waals surface area contributed by atoms with Crippen LogP contribution >= 0.6 is 0 Å². The van der Waals surface area contributed by atoms with Crippen molar-refractivity contribution in [2.75, 3.05) is 13.1 Å². The van der Waals surface area contributed by atoms with Gasteiger partial charge < -0.3 is 58.5 Å². The molecule has 0 aliphatic carbocycles. The van der Waals surface area contributed by atoms with Crippen molar-refractivity contribution in [2.24, 2.45) is 29.4 Å². The maximum atomic E-state index is 13.7. The Bertz CT molecular complexity index is 1710. The molecular weight excluding hydrogens is 819 g/mol. The van der Waals surface area contributed by atoms with E-state index in [2.05, 4.69) is 42.5 Å². The first-order chi connectivity index (χ1) is 29.4. The van der Waals surface area contributed by atoms with E-state index in [1.807, 2.05) is 30.3 Å². The van der Waals surface area contributed by atoms with E-state index < -0.39 is 132 Å². The Kier molecular flexibility index (Phi) is 24.1. The number of aliphatic hydroxyl groups is 1. The molecule has 20 heteroatoms. The Morgan fingerprint density at radius 3 is 1.51 bits per heavy atom. The van der Waals surface area contributed by atoms with E-state index in [-0.39, 0.29) is 18.8 Å². The van der Waals surface area contributed by atoms with Crippen LogP contribution < -0.4 is 48.3 Å². The summed E-state index contributed by atoms with van der Waals surface area (Å²) >= 11 is 0. The van der Waals surface area contributed by atoms with Gasteiger partial charge in [-0.1, -0.05) is 98.6 Å². The van der Waals surface area contributed by atoms with Crippen LogP contribution in [0.15, 0.2) is 30.3 Å². The van der Waals surface area contributed by atoms with Gasteiger partial charge in [0.15, 0.2) is 0 Å². The van der Waals surface area contributed by atoms with E-state index in [9.17, 15) is 53.4 Å². The molecule has 0 heterocycles. The predicted octanol–water partition coefficient (Wildman–Crippen LogP) is -1.02. The molecule has 1 aromatic carbocycles. The molecule has 10 unspecified atom stereocenters. The summed E-state index contributed by atoms with van der Waals surface area (Å²) < 4.78 is 0. The molecule has 0 fully saturated rings. The minimum Gasteiger partial charge on any atom is -0.480 e. The Labute approximate surface area is 370 Å². The van der Waals surface area contributed by atoms with Crippen molar-refractivity contribution in [3.63, 3.8) is 0 Å². The lowest BCUT2D eigenvalue weighted by molar-refractivity contribution is -0.144. The average Bonchev–Trinajstić information content (AvgIpc) is 3.22. The number of carbonyl (C=O) groups excluding carboxylic acids is 8. The van der Waals surface area contributed by atoms with Crippen LogP contribution in [0.4, 0.5) is 0 Å². The number of rotatable bonds is 27. The molecular formula is C43H71N9O11. The molecule has 0 saturated heterocycles. The molecule has 20 nitrogen and oxygen atoms in total. The van der Waals surface area contributed by atoms with Gasteiger partial charge >= 0.3 is 5.97 Å². The van der Waals surface area contributed by atoms with Crippen molar-refractivity contribution in [1.82, 2.24) is 42.5 Å². The quantitative estimate of drug-likeness (QED) is 0.0506. The average molecular weight is 890 g/mol. The SMILES string of the molecule is CCC(C)C(NC(=O)CNC(=O)C(C)NC(=O)C(N)Cc1ccccc1)C(=O)NCC(=O)NC(C(=O)NC(CC(C)C)C(=O)NC(C(=O)NC(C(=O)O)C(C)C)C(C)O)C(C)CC. The number of carboxylic acids is 1. The van der Waals surface area contributed by atoms with E-state index in [1.165, 1.54) is 13.8 Å². The minimum atomic E-state index is -1.56. The van der Waals surface area contributed by atoms with Crippen LogP contribution in [0.5, 0.6) is 0 Å². The largest absolute Gasteiger partial charge is 0.480 e. The number of nitrogens with two attached hydrogens (primary N) is 1. The summed E-state index contributed by atoms with van der Waals surface area (Å²) in [5.41, 5.74) is 6.85. The van der Waals surface area contributed by atoms with Gasteiger partial charge in [-0.15, -0.1) is 0 Å². The number of benzene rings is 1. The maximum absolute atomic E-state index is 13.7. The van der Waals surface area contributed by atoms with Crippen molar-refractivity contribution in [1.29, 1.82) is 0 Å². The molecule has 354 valence electrons. The van der Waals surface area contributed by atoms with E-state index in [0.29, 0.717) is 12.8 Å². The lowest BCUT2D eigenvalue weighted by Gasteiger charge is -2.29. The highest BCUT2D eigenvalue weighted by Crippen LogP contribution is 2.13. The van der Waals surface area contributed by atoms with Crippen LogP contribution in [0.3, 0.4) is 0 Å². The van der Waals surface area contributed by atoms with Gasteiger partial charge in [-0.25, -0.2) is 4.79 Å². The van der Waals surface area contributed by atoms with Gasteiger partial charge in [0.25, 0.3) is 0 Å². The third-order valence-electron chi connectivity index (χ3n) is 10.5. The molecule has 10 atom stereocenters. The molecule has 0 saturated carbocycles. The number of nitrogens with one attached hydrogen (secondary N) is 8. The molecule has 0 aliphatic rings. The van der Waals surface area contributed by atoms with Gasteiger partial charge in [0.1, 0.15) is 36.3 Å². The van der Waals surface area contributed by atoms with Crippen LogP contribution in [-0.2, 0) is 49.6 Å². The van der Waals surface area contributed by atoms with Gasteiger partial charge in [-0.3, -0.25) is 38.4 Å². The third-order valence-corrected chi connectivity index (χ3v) is 10.5. The fraction of sp³-hybridized carbons (Fsp3) is 0.651. The lowest BCUT2D eigenvalue weighted by atomic mass is 9.96. The number of carboxylic acid groups (broad SMARTS) is 1. The van der Waals surface area contributed by atoms with Gasteiger partial charge in [0, 0.05) is 0 Å². The number of hydrogen-bond donors (Lipinski definition) is 11. The Morgan fingerprint density at radius 1 is 0.571 bits per heavy atom. The van der Waals surface area contributed by atoms with Gasteiger partial charge in [0.05, 0.1) is 25.2 Å². The van der Waals surface area contributed by atoms with Crippen LogP contribution in [0, 0.1) is 23.7 Å². The van der Waals surface area contributed by atoms with E-state index in [4.69, 9.17) is 5.73 Å². The monoisotopic (exact) mass is 890 g/mol. The van der Waals surface area contributed by atoms with Crippen LogP contribution in [0.2, 0.25) is 0 Å². The molecule has 0 radical (unpaired) electrons. The standard InChI is InChI=1S/C43H71N9O11/c1-11-24(7)34(49-31(54)20-45-37(56)26(9)47-38(57)29(44)19-28-16-14-13-15-17-28)40(59)46-21-32(55)50-35(25(8)12-2)41(60)48-30(18-22(3)4)39(58)52-36(27(10)53)42(61)51-33(23(5)6)43(62)63/h13-17,22-27,29-30,33-36,53H,11-12,18-21,44H2,1-10H3,(H,45,56)(H,46,59)(H,47,57)(H,48,60)(H,49,54)(H,50,55)(H,51,61)(H,52,58)(H,62,63). The minimum absolute atomic E-state index is 0.0958. The van der Waals surface area contributed by atoms with Crippen molar-refractivity contribution in [2.45, 2.75) is 143 Å². The molecule has 1 rings (SSSR count). The fourth-order valence-electron chi connectivity index (χ4n) is 6.18. The molecule has 0 aromatic heterocycles. The lowest BCUT2D eigenvalue weighted by Crippen LogP contribution is -2.61. The summed E-state index contributed by atoms with van der Waals surface area (Å²) in [5.74, 6) is -8.69. The van der Waals surface area contributed by atoms with E-state index in [0.717, 1.165) is 5.56 Å². The summed E-state index contributed by atoms with van der Waals surface area (Å²) in [6.07, 6.45) is -0.213. The van der Waals surface area contributed by atoms with Crippen LogP contribution in [0.25, 0.3) is 0 Å². The number of carbonyl (C=O) groups is 9. The normalized spacial score (nSPS) is 16.0. The molecule has 8 amide bonds. The highest BCUT2D eigenvalue weighted by molar-refractivity contribution is 5.97. The highest BCUT2D eigenvalue weighted by Gasteiger charge is 2.35. The summed E-state index contributed by atoms with van der Waals surface area (Å²) in [6, 6.07) is 0.808. The zero-order valence-corrected chi connectivity index (χ0v) is 38.2. The molecule has 0 spiro atoms. The summed E-state index contributed by atoms with van der Waals surface area (Å²) in [6.45, 7) is 15.3. The van der Waals surface area contributed by atoms with Gasteiger partial charge in [-0.2, -0.15) is 0 Å². The summed E-state index contributed by atoms with van der Waals surface area (Å²) in [5, 5.41) is 39.9. The highest BCUT2D eigenvalue weighted by atomic mass is 16.4. The number of hydrogen-bond acceptors (Lipinski definition) is 11. The van der Waals surface area contributed by atoms with Crippen molar-refractivity contribution in [3.8, 4) is 0 Å². The molecule has 0 aliphatic heterocycles. The zero-order valence-electron chi connectivity index (χ0n) is 38.2. The predicted molar refractivity (Wildman–Crippen MR) is 234 cm³/mol. The second-order valence-electron chi connectivity index (χ2n) is 16.8. The summed E-state index contributed by atoms with van der Waals surface area (Å²) in [4.78, 5) is 117. The topological polar surface area (TPSA) is 316 Å². The number of amides is 8. The maximum Gasteiger partial charge on any atom is 0.326 e. The van der Waals surface area contributed by atoms with Crippen molar-refractivity contribution in [3.05, 3.63) is 35.9 Å². The first-order valence-corrected chi connectivity index (χ1v) is 21.5. The second-order valence-corrected chi connectivity index (χ2v) is 16.8. The first-order valence-electron chi connectivity index (χ1n) is 21.5. The molecule has 0 bridgehead atoms. The molecule has 12 N–H and O–H groups in total. The van der Waals surface area contributed by atoms with Crippen molar-refractivity contribution >= 4 is 53.2 Å². The second kappa shape index (κ2) is 27.4. The van der Waals surface area contributed by atoms with Gasteiger partial charge in [0.2, 0.25) is 47.3 Å². The fourth-order valence-corrected chi connectivity index (χ4v) is 6.18. The van der Waals surface area contributed by atoms with Crippen LogP contribution in [0.1, 0.15) is 94.1 Å². The summed E-state index contributed by atoms with van der Waals surface area (Å²) in [7, 11) is 0. The van der Waals surface area contributed by atoms with Crippen molar-refractivity contribution < 1.29 is 53.4 Å². The number of aliphatic carboxylic acids is 1. The van der Waals surface area contributed by atoms with Gasteiger partial charge in [-0.05, 0) is 55.9 Å². The van der Waals surface area contributed by atoms with E-state index in [1.54, 1.807) is 55.4 Å². The third kappa shape index (κ3) is 19.5. The molecule has 63 heavy (non-hydrogen) atoms.